The number of aliphatic carboxylic acids is 1. The SMILES string of the molecule is O=C(/C=C/c1ccc(F)cc1)NC(CO)C(=O)O. The number of carbonyl (C=O) groups is 2. The zero-order valence-electron chi connectivity index (χ0n) is 9.34. The summed E-state index contributed by atoms with van der Waals surface area (Å²) in [5.74, 6) is -2.36. The molecule has 6 heteroatoms. The van der Waals surface area contributed by atoms with Crippen LogP contribution in [-0.2, 0) is 9.59 Å². The number of halogens is 1. The van der Waals surface area contributed by atoms with E-state index in [1.54, 1.807) is 0 Å². The summed E-state index contributed by atoms with van der Waals surface area (Å²) in [4.78, 5) is 21.8. The summed E-state index contributed by atoms with van der Waals surface area (Å²) >= 11 is 0. The van der Waals surface area contributed by atoms with Crippen LogP contribution in [0.1, 0.15) is 5.56 Å². The van der Waals surface area contributed by atoms with Crippen molar-refractivity contribution >= 4 is 18.0 Å². The number of aliphatic hydroxyl groups is 1. The molecule has 18 heavy (non-hydrogen) atoms. The van der Waals surface area contributed by atoms with E-state index in [0.29, 0.717) is 5.56 Å². The third-order valence-corrected chi connectivity index (χ3v) is 2.09. The fourth-order valence-corrected chi connectivity index (χ4v) is 1.15. The number of benzene rings is 1. The number of carboxylic acid groups (broad SMARTS) is 1. The van der Waals surface area contributed by atoms with Crippen molar-refractivity contribution in [1.82, 2.24) is 5.32 Å². The zero-order chi connectivity index (χ0) is 13.5. The fourth-order valence-electron chi connectivity index (χ4n) is 1.15. The Balaban J connectivity index is 2.59. The predicted octanol–water partition coefficient (Wildman–Crippen LogP) is 0.401. The van der Waals surface area contributed by atoms with Gasteiger partial charge in [-0.05, 0) is 23.8 Å². The smallest absolute Gasteiger partial charge is 0.328 e. The Hall–Kier alpha value is -2.21. The van der Waals surface area contributed by atoms with Gasteiger partial charge in [0.05, 0.1) is 6.61 Å². The first-order valence-corrected chi connectivity index (χ1v) is 5.10. The Bertz CT molecular complexity index is 456. The van der Waals surface area contributed by atoms with Crippen LogP contribution in [0.4, 0.5) is 4.39 Å². The molecule has 0 radical (unpaired) electrons. The molecule has 0 fully saturated rings. The molecule has 1 unspecified atom stereocenters. The standard InChI is InChI=1S/C12H12FNO4/c13-9-4-1-8(2-5-9)3-6-11(16)14-10(7-15)12(17)18/h1-6,10,15H,7H2,(H,14,16)(H,17,18)/b6-3+. The minimum absolute atomic E-state index is 0.386. The molecule has 1 amide bonds. The van der Waals surface area contributed by atoms with Gasteiger partial charge < -0.3 is 15.5 Å². The van der Waals surface area contributed by atoms with E-state index in [0.717, 1.165) is 6.08 Å². The molecular formula is C12H12FNO4. The van der Waals surface area contributed by atoms with E-state index in [1.807, 2.05) is 0 Å². The van der Waals surface area contributed by atoms with E-state index in [4.69, 9.17) is 10.2 Å². The maximum absolute atomic E-state index is 12.6. The lowest BCUT2D eigenvalue weighted by Crippen LogP contribution is -2.42. The van der Waals surface area contributed by atoms with Crippen LogP contribution in [0.3, 0.4) is 0 Å². The normalized spacial score (nSPS) is 12.3. The summed E-state index contributed by atoms with van der Waals surface area (Å²) in [6, 6.07) is 4.09. The van der Waals surface area contributed by atoms with Crippen LogP contribution in [-0.4, -0.2) is 34.7 Å². The van der Waals surface area contributed by atoms with Gasteiger partial charge in [-0.3, -0.25) is 4.79 Å². The van der Waals surface area contributed by atoms with Gasteiger partial charge in [0.2, 0.25) is 5.91 Å². The highest BCUT2D eigenvalue weighted by atomic mass is 19.1. The second-order valence-corrected chi connectivity index (χ2v) is 3.47. The molecule has 1 aromatic carbocycles. The Labute approximate surface area is 103 Å². The largest absolute Gasteiger partial charge is 0.480 e. The second-order valence-electron chi connectivity index (χ2n) is 3.47. The van der Waals surface area contributed by atoms with Crippen LogP contribution in [0.2, 0.25) is 0 Å². The van der Waals surface area contributed by atoms with Crippen LogP contribution >= 0.6 is 0 Å². The first-order chi connectivity index (χ1) is 8.52. The van der Waals surface area contributed by atoms with Crippen LogP contribution in [0.15, 0.2) is 30.3 Å². The fraction of sp³-hybridized carbons (Fsp3) is 0.167. The molecule has 3 N–H and O–H groups in total. The van der Waals surface area contributed by atoms with Crippen LogP contribution in [0, 0.1) is 5.82 Å². The summed E-state index contributed by atoms with van der Waals surface area (Å²) in [7, 11) is 0. The summed E-state index contributed by atoms with van der Waals surface area (Å²) in [6.07, 6.45) is 2.52. The number of hydrogen-bond donors (Lipinski definition) is 3. The Kier molecular flexibility index (Phi) is 5.01. The third kappa shape index (κ3) is 4.34. The van der Waals surface area contributed by atoms with Crippen LogP contribution in [0.5, 0.6) is 0 Å². The van der Waals surface area contributed by atoms with Crippen molar-refractivity contribution in [3.8, 4) is 0 Å². The second kappa shape index (κ2) is 6.51. The van der Waals surface area contributed by atoms with E-state index in [1.165, 1.54) is 30.3 Å². The predicted molar refractivity (Wildman–Crippen MR) is 62.1 cm³/mol. The van der Waals surface area contributed by atoms with Gasteiger partial charge in [0, 0.05) is 6.08 Å². The lowest BCUT2D eigenvalue weighted by molar-refractivity contribution is -0.142. The molecule has 1 aromatic rings. The van der Waals surface area contributed by atoms with E-state index in [-0.39, 0.29) is 5.82 Å². The minimum atomic E-state index is -1.34. The van der Waals surface area contributed by atoms with E-state index >= 15 is 0 Å². The molecule has 0 bridgehead atoms. The van der Waals surface area contributed by atoms with Crippen molar-refractivity contribution in [2.75, 3.05) is 6.61 Å². The number of hydrogen-bond acceptors (Lipinski definition) is 3. The third-order valence-electron chi connectivity index (χ3n) is 2.09. The molecule has 0 aromatic heterocycles. The van der Waals surface area contributed by atoms with Crippen molar-refractivity contribution in [3.63, 3.8) is 0 Å². The topological polar surface area (TPSA) is 86.6 Å². The van der Waals surface area contributed by atoms with Gasteiger partial charge in [-0.1, -0.05) is 12.1 Å². The highest BCUT2D eigenvalue weighted by molar-refractivity contribution is 5.94. The Morgan fingerprint density at radius 2 is 1.94 bits per heavy atom. The van der Waals surface area contributed by atoms with Gasteiger partial charge >= 0.3 is 5.97 Å². The monoisotopic (exact) mass is 253 g/mol. The number of nitrogens with one attached hydrogen (secondary N) is 1. The molecule has 96 valence electrons. The molecule has 0 saturated carbocycles. The molecule has 1 atom stereocenters. The van der Waals surface area contributed by atoms with E-state index < -0.39 is 24.5 Å². The van der Waals surface area contributed by atoms with Crippen molar-refractivity contribution in [2.45, 2.75) is 6.04 Å². The number of carboxylic acids is 1. The van der Waals surface area contributed by atoms with Gasteiger partial charge in [-0.25, -0.2) is 9.18 Å². The summed E-state index contributed by atoms with van der Waals surface area (Å²) in [5.41, 5.74) is 0.599. The van der Waals surface area contributed by atoms with Crippen molar-refractivity contribution in [1.29, 1.82) is 0 Å². The van der Waals surface area contributed by atoms with Gasteiger partial charge in [0.25, 0.3) is 0 Å². The lowest BCUT2D eigenvalue weighted by atomic mass is 10.2. The van der Waals surface area contributed by atoms with E-state index in [9.17, 15) is 14.0 Å². The van der Waals surface area contributed by atoms with Crippen LogP contribution in [0.25, 0.3) is 6.08 Å². The maximum Gasteiger partial charge on any atom is 0.328 e. The minimum Gasteiger partial charge on any atom is -0.480 e. The lowest BCUT2D eigenvalue weighted by Gasteiger charge is -2.09. The van der Waals surface area contributed by atoms with E-state index in [2.05, 4.69) is 5.32 Å². The maximum atomic E-state index is 12.6. The number of amides is 1. The van der Waals surface area contributed by atoms with Gasteiger partial charge in [-0.2, -0.15) is 0 Å². The number of rotatable bonds is 5. The molecule has 1 rings (SSSR count). The van der Waals surface area contributed by atoms with Gasteiger partial charge in [0.15, 0.2) is 6.04 Å². The molecular weight excluding hydrogens is 241 g/mol. The molecule has 0 saturated heterocycles. The van der Waals surface area contributed by atoms with Gasteiger partial charge in [-0.15, -0.1) is 0 Å². The Morgan fingerprint density at radius 3 is 2.44 bits per heavy atom. The summed E-state index contributed by atoms with van der Waals surface area (Å²) in [5, 5.41) is 19.4. The quantitative estimate of drug-likeness (QED) is 0.663. The average Bonchev–Trinajstić information content (AvgIpc) is 2.35. The first-order valence-electron chi connectivity index (χ1n) is 5.10. The highest BCUT2D eigenvalue weighted by Crippen LogP contribution is 2.04. The van der Waals surface area contributed by atoms with Gasteiger partial charge in [0.1, 0.15) is 5.82 Å². The Morgan fingerprint density at radius 1 is 1.33 bits per heavy atom. The summed E-state index contributed by atoms with van der Waals surface area (Å²) < 4.78 is 12.6. The molecule has 0 spiro atoms. The molecule has 5 nitrogen and oxygen atoms in total. The van der Waals surface area contributed by atoms with Crippen molar-refractivity contribution in [2.24, 2.45) is 0 Å². The highest BCUT2D eigenvalue weighted by Gasteiger charge is 2.16. The molecule has 0 aliphatic heterocycles. The molecule has 0 heterocycles. The number of aliphatic hydroxyl groups excluding tert-OH is 1. The average molecular weight is 253 g/mol. The zero-order valence-corrected chi connectivity index (χ0v) is 9.34. The van der Waals surface area contributed by atoms with Crippen molar-refractivity contribution < 1.29 is 24.2 Å². The van der Waals surface area contributed by atoms with Crippen LogP contribution < -0.4 is 5.32 Å². The number of carbonyl (C=O) groups excluding carboxylic acids is 1. The molecule has 0 aliphatic rings. The first kappa shape index (κ1) is 13.9. The summed E-state index contributed by atoms with van der Waals surface area (Å²) in [6.45, 7) is -0.689. The van der Waals surface area contributed by atoms with Crippen molar-refractivity contribution in [3.05, 3.63) is 41.7 Å². The molecule has 0 aliphatic carbocycles.